The molecule has 0 aromatic carbocycles. The van der Waals surface area contributed by atoms with Crippen molar-refractivity contribution < 1.29 is 0 Å². The van der Waals surface area contributed by atoms with Crippen LogP contribution in [-0.2, 0) is 0 Å². The number of thiophene rings is 1. The van der Waals surface area contributed by atoms with Gasteiger partial charge in [0.05, 0.1) is 5.82 Å². The second-order valence-corrected chi connectivity index (χ2v) is 3.17. The van der Waals surface area contributed by atoms with Crippen LogP contribution in [0.4, 0.5) is 0 Å². The standard InChI is InChI=1S/C9H12N2S/c1-7(5-9(10)11-2)8-3-4-12-6-8/h3-6,11H,1,10H2,2H3/b9-5-. The van der Waals surface area contributed by atoms with Gasteiger partial charge in [0, 0.05) is 7.05 Å². The highest BCUT2D eigenvalue weighted by molar-refractivity contribution is 7.08. The summed E-state index contributed by atoms with van der Waals surface area (Å²) in [5, 5.41) is 6.90. The molecule has 0 aliphatic rings. The molecule has 64 valence electrons. The van der Waals surface area contributed by atoms with Crippen molar-refractivity contribution in [1.82, 2.24) is 5.32 Å². The third-order valence-corrected chi connectivity index (χ3v) is 2.19. The van der Waals surface area contributed by atoms with Crippen molar-refractivity contribution in [1.29, 1.82) is 0 Å². The van der Waals surface area contributed by atoms with Gasteiger partial charge in [-0.25, -0.2) is 0 Å². The fraction of sp³-hybridized carbons (Fsp3) is 0.111. The van der Waals surface area contributed by atoms with Gasteiger partial charge in [0.2, 0.25) is 0 Å². The van der Waals surface area contributed by atoms with Gasteiger partial charge in [-0.3, -0.25) is 0 Å². The molecule has 0 spiro atoms. The van der Waals surface area contributed by atoms with Crippen molar-refractivity contribution >= 4 is 16.9 Å². The zero-order valence-electron chi connectivity index (χ0n) is 7.00. The van der Waals surface area contributed by atoms with E-state index in [1.165, 1.54) is 0 Å². The number of nitrogens with two attached hydrogens (primary N) is 1. The fourth-order valence-corrected chi connectivity index (χ4v) is 1.47. The van der Waals surface area contributed by atoms with E-state index >= 15 is 0 Å². The van der Waals surface area contributed by atoms with E-state index in [2.05, 4.69) is 11.9 Å². The molecule has 0 saturated heterocycles. The van der Waals surface area contributed by atoms with Crippen LogP contribution in [0.2, 0.25) is 0 Å². The van der Waals surface area contributed by atoms with Crippen molar-refractivity contribution in [3.63, 3.8) is 0 Å². The maximum atomic E-state index is 5.57. The lowest BCUT2D eigenvalue weighted by Gasteiger charge is -2.00. The van der Waals surface area contributed by atoms with E-state index in [1.54, 1.807) is 18.4 Å². The van der Waals surface area contributed by atoms with Crippen LogP contribution in [0, 0.1) is 0 Å². The molecule has 0 amide bonds. The zero-order chi connectivity index (χ0) is 8.97. The monoisotopic (exact) mass is 180 g/mol. The van der Waals surface area contributed by atoms with E-state index in [9.17, 15) is 0 Å². The molecule has 0 aliphatic carbocycles. The SMILES string of the molecule is C=C(/C=C(/N)NC)c1ccsc1. The summed E-state index contributed by atoms with van der Waals surface area (Å²) in [4.78, 5) is 0. The van der Waals surface area contributed by atoms with Crippen LogP contribution in [-0.4, -0.2) is 7.05 Å². The zero-order valence-corrected chi connectivity index (χ0v) is 7.82. The van der Waals surface area contributed by atoms with Crippen LogP contribution < -0.4 is 11.1 Å². The quantitative estimate of drug-likeness (QED) is 0.696. The summed E-state index contributed by atoms with van der Waals surface area (Å²) in [6.45, 7) is 3.90. The third kappa shape index (κ3) is 2.13. The Hall–Kier alpha value is -1.22. The van der Waals surface area contributed by atoms with E-state index in [0.29, 0.717) is 5.82 Å². The van der Waals surface area contributed by atoms with Crippen molar-refractivity contribution in [2.24, 2.45) is 5.73 Å². The highest BCUT2D eigenvalue weighted by atomic mass is 32.1. The van der Waals surface area contributed by atoms with Crippen LogP contribution in [0.15, 0.2) is 35.3 Å². The lowest BCUT2D eigenvalue weighted by atomic mass is 10.1. The molecule has 0 bridgehead atoms. The molecular formula is C9H12N2S. The van der Waals surface area contributed by atoms with Crippen LogP contribution in [0.3, 0.4) is 0 Å². The summed E-state index contributed by atoms with van der Waals surface area (Å²) in [5.41, 5.74) is 7.63. The predicted octanol–water partition coefficient (Wildman–Crippen LogP) is 1.78. The number of nitrogens with one attached hydrogen (secondary N) is 1. The first-order chi connectivity index (χ1) is 5.74. The molecule has 12 heavy (non-hydrogen) atoms. The summed E-state index contributed by atoms with van der Waals surface area (Å²) in [7, 11) is 1.78. The Bertz CT molecular complexity index is 285. The average Bonchev–Trinajstić information content (AvgIpc) is 2.56. The first-order valence-electron chi connectivity index (χ1n) is 3.60. The molecule has 1 heterocycles. The lowest BCUT2D eigenvalue weighted by molar-refractivity contribution is 0.967. The molecule has 0 aliphatic heterocycles. The van der Waals surface area contributed by atoms with E-state index in [-0.39, 0.29) is 0 Å². The van der Waals surface area contributed by atoms with Gasteiger partial charge in [0.1, 0.15) is 0 Å². The Morgan fingerprint density at radius 2 is 2.50 bits per heavy atom. The van der Waals surface area contributed by atoms with Gasteiger partial charge in [-0.15, -0.1) is 0 Å². The largest absolute Gasteiger partial charge is 0.386 e. The normalized spacial score (nSPS) is 11.2. The number of hydrogen-bond acceptors (Lipinski definition) is 3. The predicted molar refractivity (Wildman–Crippen MR) is 54.7 cm³/mol. The maximum absolute atomic E-state index is 5.57. The lowest BCUT2D eigenvalue weighted by Crippen LogP contribution is -2.14. The molecule has 1 aromatic heterocycles. The van der Waals surface area contributed by atoms with Gasteiger partial charge in [-0.05, 0) is 34.0 Å². The minimum atomic E-state index is 0.631. The number of rotatable bonds is 3. The Labute approximate surface area is 76.4 Å². The Morgan fingerprint density at radius 3 is 3.00 bits per heavy atom. The average molecular weight is 180 g/mol. The van der Waals surface area contributed by atoms with E-state index < -0.39 is 0 Å². The van der Waals surface area contributed by atoms with Gasteiger partial charge in [0.15, 0.2) is 0 Å². The van der Waals surface area contributed by atoms with Gasteiger partial charge >= 0.3 is 0 Å². The van der Waals surface area contributed by atoms with Gasteiger partial charge in [-0.2, -0.15) is 11.3 Å². The van der Waals surface area contributed by atoms with Crippen LogP contribution in [0.1, 0.15) is 5.56 Å². The minimum absolute atomic E-state index is 0.631. The Kier molecular flexibility index (Phi) is 2.94. The molecule has 0 radical (unpaired) electrons. The summed E-state index contributed by atoms with van der Waals surface area (Å²) in [5.74, 6) is 0.631. The van der Waals surface area contributed by atoms with Crippen molar-refractivity contribution in [2.45, 2.75) is 0 Å². The van der Waals surface area contributed by atoms with Crippen LogP contribution in [0.25, 0.3) is 5.57 Å². The fourth-order valence-electron chi connectivity index (χ4n) is 0.790. The Balaban J connectivity index is 2.74. The highest BCUT2D eigenvalue weighted by Crippen LogP contribution is 2.16. The van der Waals surface area contributed by atoms with E-state index in [1.807, 2.05) is 22.9 Å². The summed E-state index contributed by atoms with van der Waals surface area (Å²) in [6.07, 6.45) is 1.82. The molecule has 0 unspecified atom stereocenters. The number of allylic oxidation sites excluding steroid dienone is 2. The highest BCUT2D eigenvalue weighted by Gasteiger charge is 1.95. The summed E-state index contributed by atoms with van der Waals surface area (Å²) >= 11 is 1.65. The Morgan fingerprint density at radius 1 is 1.75 bits per heavy atom. The van der Waals surface area contributed by atoms with Gasteiger partial charge in [0.25, 0.3) is 0 Å². The van der Waals surface area contributed by atoms with Crippen molar-refractivity contribution in [3.8, 4) is 0 Å². The second-order valence-electron chi connectivity index (χ2n) is 2.39. The minimum Gasteiger partial charge on any atom is -0.386 e. The third-order valence-electron chi connectivity index (χ3n) is 1.51. The van der Waals surface area contributed by atoms with Crippen LogP contribution >= 0.6 is 11.3 Å². The van der Waals surface area contributed by atoms with E-state index in [0.717, 1.165) is 11.1 Å². The number of hydrogen-bond donors (Lipinski definition) is 2. The molecule has 0 atom stereocenters. The molecule has 3 N–H and O–H groups in total. The molecular weight excluding hydrogens is 168 g/mol. The first kappa shape index (κ1) is 8.87. The summed E-state index contributed by atoms with van der Waals surface area (Å²) < 4.78 is 0. The smallest absolute Gasteiger partial charge is 0.0963 e. The molecule has 0 saturated carbocycles. The van der Waals surface area contributed by atoms with Crippen LogP contribution in [0.5, 0.6) is 0 Å². The van der Waals surface area contributed by atoms with E-state index in [4.69, 9.17) is 5.73 Å². The molecule has 0 fully saturated rings. The molecule has 3 heteroatoms. The van der Waals surface area contributed by atoms with Gasteiger partial charge in [-0.1, -0.05) is 6.58 Å². The maximum Gasteiger partial charge on any atom is 0.0963 e. The van der Waals surface area contributed by atoms with Crippen molar-refractivity contribution in [3.05, 3.63) is 40.9 Å². The first-order valence-corrected chi connectivity index (χ1v) is 4.54. The van der Waals surface area contributed by atoms with Gasteiger partial charge < -0.3 is 11.1 Å². The summed E-state index contributed by atoms with van der Waals surface area (Å²) in [6, 6.07) is 2.02. The molecule has 1 aromatic rings. The molecule has 1 rings (SSSR count). The second kappa shape index (κ2) is 3.97. The topological polar surface area (TPSA) is 38.0 Å². The molecule has 2 nitrogen and oxygen atoms in total. The van der Waals surface area contributed by atoms with Crippen molar-refractivity contribution in [2.75, 3.05) is 7.05 Å².